The second kappa shape index (κ2) is 9.53. The molecule has 33 heavy (non-hydrogen) atoms. The molecule has 0 unspecified atom stereocenters. The Hall–Kier alpha value is -3.53. The molecular formula is C29H34N2O2. The SMILES string of the molecule is C=CC1=C(CC)N(Cc2ccccc2)C(=C)N1CC(=O)c1ccc(O)c(C(C)(C)C(=C)C)c1. The van der Waals surface area contributed by atoms with Crippen molar-refractivity contribution in [1.29, 1.82) is 0 Å². The number of hydrogen-bond acceptors (Lipinski definition) is 4. The number of benzene rings is 2. The standard InChI is InChI=1S/C29H34N2O2/c1-8-25-26(9-2)31(21(5)30(25)18-22-13-11-10-12-14-22)19-28(33)23-15-16-27(32)24(17-23)29(6,7)20(3)4/h9-17,32H,2-3,5,8,18-19H2,1,4,6-7H3. The molecule has 2 aromatic rings. The van der Waals surface area contributed by atoms with Crippen LogP contribution < -0.4 is 0 Å². The maximum absolute atomic E-state index is 13.4. The van der Waals surface area contributed by atoms with Gasteiger partial charge in [-0.15, -0.1) is 0 Å². The number of Topliss-reactive ketones (excluding diaryl/α,β-unsaturated/α-hetero) is 1. The molecule has 4 nitrogen and oxygen atoms in total. The predicted octanol–water partition coefficient (Wildman–Crippen LogP) is 6.53. The lowest BCUT2D eigenvalue weighted by Gasteiger charge is -2.28. The van der Waals surface area contributed by atoms with Gasteiger partial charge in [-0.05, 0) is 43.2 Å². The maximum atomic E-state index is 13.4. The van der Waals surface area contributed by atoms with Crippen molar-refractivity contribution in [2.24, 2.45) is 0 Å². The van der Waals surface area contributed by atoms with Crippen molar-refractivity contribution >= 4 is 5.78 Å². The maximum Gasteiger partial charge on any atom is 0.182 e. The summed E-state index contributed by atoms with van der Waals surface area (Å²) in [5.74, 6) is 0.880. The number of aromatic hydroxyl groups is 1. The second-order valence-electron chi connectivity index (χ2n) is 9.02. The van der Waals surface area contributed by atoms with E-state index in [1.807, 2.05) is 43.9 Å². The largest absolute Gasteiger partial charge is 0.508 e. The highest BCUT2D eigenvalue weighted by atomic mass is 16.3. The van der Waals surface area contributed by atoms with Gasteiger partial charge in [-0.1, -0.05) is 76.4 Å². The van der Waals surface area contributed by atoms with E-state index in [4.69, 9.17) is 0 Å². The number of phenols is 1. The highest BCUT2D eigenvalue weighted by molar-refractivity contribution is 5.98. The Labute approximate surface area is 197 Å². The van der Waals surface area contributed by atoms with Crippen LogP contribution in [-0.4, -0.2) is 27.2 Å². The van der Waals surface area contributed by atoms with Crippen molar-refractivity contribution in [3.63, 3.8) is 0 Å². The van der Waals surface area contributed by atoms with Crippen molar-refractivity contribution in [1.82, 2.24) is 9.80 Å². The van der Waals surface area contributed by atoms with E-state index in [1.165, 1.54) is 5.56 Å². The van der Waals surface area contributed by atoms with Crippen LogP contribution in [0, 0.1) is 0 Å². The van der Waals surface area contributed by atoms with Gasteiger partial charge in [-0.25, -0.2) is 0 Å². The zero-order chi connectivity index (χ0) is 24.3. The average Bonchev–Trinajstić information content (AvgIpc) is 3.04. The molecule has 0 spiro atoms. The molecule has 0 aromatic heterocycles. The zero-order valence-corrected chi connectivity index (χ0v) is 20.2. The Morgan fingerprint density at radius 2 is 1.79 bits per heavy atom. The Morgan fingerprint density at radius 1 is 1.12 bits per heavy atom. The molecule has 4 heteroatoms. The summed E-state index contributed by atoms with van der Waals surface area (Å²) in [4.78, 5) is 17.5. The lowest BCUT2D eigenvalue weighted by Crippen LogP contribution is -2.29. The molecule has 0 atom stereocenters. The van der Waals surface area contributed by atoms with Crippen LogP contribution >= 0.6 is 0 Å². The third-order valence-corrected chi connectivity index (χ3v) is 6.61. The van der Waals surface area contributed by atoms with Crippen molar-refractivity contribution in [2.45, 2.75) is 46.1 Å². The van der Waals surface area contributed by atoms with Crippen molar-refractivity contribution in [3.8, 4) is 5.75 Å². The third kappa shape index (κ3) is 4.65. The molecule has 0 saturated carbocycles. The van der Waals surface area contributed by atoms with Gasteiger partial charge in [0, 0.05) is 28.8 Å². The summed E-state index contributed by atoms with van der Waals surface area (Å²) in [5.41, 5.74) is 4.89. The summed E-state index contributed by atoms with van der Waals surface area (Å²) in [7, 11) is 0. The second-order valence-corrected chi connectivity index (χ2v) is 9.02. The Morgan fingerprint density at radius 3 is 2.36 bits per heavy atom. The molecular weight excluding hydrogens is 408 g/mol. The van der Waals surface area contributed by atoms with Crippen molar-refractivity contribution in [3.05, 3.63) is 114 Å². The summed E-state index contributed by atoms with van der Waals surface area (Å²) >= 11 is 0. The van der Waals surface area contributed by atoms with E-state index in [-0.39, 0.29) is 18.1 Å². The molecule has 1 N–H and O–H groups in total. The minimum absolute atomic E-state index is 0.0497. The fraction of sp³-hybridized carbons (Fsp3) is 0.276. The van der Waals surface area contributed by atoms with Crippen LogP contribution in [0.3, 0.4) is 0 Å². The van der Waals surface area contributed by atoms with Gasteiger partial charge < -0.3 is 14.9 Å². The van der Waals surface area contributed by atoms with Gasteiger partial charge in [0.2, 0.25) is 0 Å². The number of ketones is 1. The number of nitrogens with zero attached hydrogens (tertiary/aromatic N) is 2. The van der Waals surface area contributed by atoms with Crippen molar-refractivity contribution < 1.29 is 9.90 Å². The first-order valence-corrected chi connectivity index (χ1v) is 11.3. The van der Waals surface area contributed by atoms with Gasteiger partial charge >= 0.3 is 0 Å². The molecule has 3 rings (SSSR count). The number of allylic oxidation sites excluding steroid dienone is 3. The highest BCUT2D eigenvalue weighted by Gasteiger charge is 2.32. The van der Waals surface area contributed by atoms with E-state index >= 15 is 0 Å². The lowest BCUT2D eigenvalue weighted by atomic mass is 9.78. The van der Waals surface area contributed by atoms with Crippen LogP contribution in [0.15, 0.2) is 97.1 Å². The Bertz CT molecular complexity index is 1130. The van der Waals surface area contributed by atoms with Gasteiger partial charge in [-0.2, -0.15) is 0 Å². The van der Waals surface area contributed by atoms with Crippen LogP contribution in [0.25, 0.3) is 0 Å². The summed E-state index contributed by atoms with van der Waals surface area (Å²) in [6.45, 7) is 21.2. The Balaban J connectivity index is 1.90. The van der Waals surface area contributed by atoms with Crippen LogP contribution in [0.4, 0.5) is 0 Å². The molecule has 0 amide bonds. The molecule has 0 fully saturated rings. The molecule has 1 aliphatic heterocycles. The first-order valence-electron chi connectivity index (χ1n) is 11.3. The Kier molecular flexibility index (Phi) is 6.97. The highest BCUT2D eigenvalue weighted by Crippen LogP contribution is 2.38. The minimum atomic E-state index is -0.453. The molecule has 0 aliphatic carbocycles. The zero-order valence-electron chi connectivity index (χ0n) is 20.2. The van der Waals surface area contributed by atoms with Gasteiger partial charge in [0.15, 0.2) is 5.78 Å². The monoisotopic (exact) mass is 442 g/mol. The molecule has 1 aliphatic rings. The van der Waals surface area contributed by atoms with E-state index in [1.54, 1.807) is 24.3 Å². The number of carbonyl (C=O) groups is 1. The van der Waals surface area contributed by atoms with Crippen LogP contribution in [0.5, 0.6) is 5.75 Å². The van der Waals surface area contributed by atoms with Gasteiger partial charge in [0.25, 0.3) is 0 Å². The number of carbonyl (C=O) groups excluding carboxylic acids is 1. The number of hydrogen-bond donors (Lipinski definition) is 1. The fourth-order valence-corrected chi connectivity index (χ4v) is 4.14. The van der Waals surface area contributed by atoms with Gasteiger partial charge in [0.1, 0.15) is 11.6 Å². The summed E-state index contributed by atoms with van der Waals surface area (Å²) in [6.07, 6.45) is 2.60. The summed E-state index contributed by atoms with van der Waals surface area (Å²) in [5, 5.41) is 10.4. The van der Waals surface area contributed by atoms with E-state index in [0.717, 1.165) is 29.2 Å². The van der Waals surface area contributed by atoms with Crippen molar-refractivity contribution in [2.75, 3.05) is 6.54 Å². The lowest BCUT2D eigenvalue weighted by molar-refractivity contribution is 0.0959. The first-order chi connectivity index (χ1) is 15.6. The molecule has 172 valence electrons. The smallest absolute Gasteiger partial charge is 0.182 e. The molecule has 0 radical (unpaired) electrons. The third-order valence-electron chi connectivity index (χ3n) is 6.61. The first kappa shape index (κ1) is 24.1. The van der Waals surface area contributed by atoms with Gasteiger partial charge in [-0.3, -0.25) is 4.79 Å². The van der Waals surface area contributed by atoms with Crippen LogP contribution in [-0.2, 0) is 12.0 Å². The average molecular weight is 443 g/mol. The van der Waals surface area contributed by atoms with E-state index in [2.05, 4.69) is 43.7 Å². The predicted molar refractivity (Wildman–Crippen MR) is 136 cm³/mol. The van der Waals surface area contributed by atoms with Crippen LogP contribution in [0.1, 0.15) is 55.6 Å². The van der Waals surface area contributed by atoms with E-state index in [0.29, 0.717) is 17.7 Å². The van der Waals surface area contributed by atoms with E-state index < -0.39 is 5.41 Å². The van der Waals surface area contributed by atoms with Crippen LogP contribution in [0.2, 0.25) is 0 Å². The summed E-state index contributed by atoms with van der Waals surface area (Å²) in [6, 6.07) is 15.3. The normalized spacial score (nSPS) is 14.1. The molecule has 1 heterocycles. The van der Waals surface area contributed by atoms with E-state index in [9.17, 15) is 9.90 Å². The molecule has 0 saturated heterocycles. The fourth-order valence-electron chi connectivity index (χ4n) is 4.14. The number of phenolic OH excluding ortho intramolecular Hbond substituents is 1. The minimum Gasteiger partial charge on any atom is -0.508 e. The quantitative estimate of drug-likeness (QED) is 0.354. The number of rotatable bonds is 9. The summed E-state index contributed by atoms with van der Waals surface area (Å²) < 4.78 is 0. The topological polar surface area (TPSA) is 43.8 Å². The molecule has 2 aromatic carbocycles. The molecule has 0 bridgehead atoms. The van der Waals surface area contributed by atoms with Gasteiger partial charge in [0.05, 0.1) is 12.2 Å².